The summed E-state index contributed by atoms with van der Waals surface area (Å²) in [5, 5.41) is 3.27. The fourth-order valence-corrected chi connectivity index (χ4v) is 2.16. The Morgan fingerprint density at radius 3 is 2.74 bits per heavy atom. The molecule has 0 aromatic heterocycles. The van der Waals surface area contributed by atoms with Crippen molar-refractivity contribution in [2.75, 3.05) is 19.6 Å². The Morgan fingerprint density at radius 2 is 2.11 bits per heavy atom. The summed E-state index contributed by atoms with van der Waals surface area (Å²) in [6.45, 7) is 6.32. The number of benzene rings is 1. The lowest BCUT2D eigenvalue weighted by atomic mass is 10.2. The molecule has 1 N–H and O–H groups in total. The van der Waals surface area contributed by atoms with Gasteiger partial charge in [0.15, 0.2) is 6.10 Å². The Balaban J connectivity index is 0.00000180. The first kappa shape index (κ1) is 15.8. The fourth-order valence-electron chi connectivity index (χ4n) is 2.16. The smallest absolute Gasteiger partial charge is 0.263 e. The van der Waals surface area contributed by atoms with Gasteiger partial charge in [-0.2, -0.15) is 0 Å². The number of halogens is 1. The summed E-state index contributed by atoms with van der Waals surface area (Å²) in [6.07, 6.45) is -0.437. The van der Waals surface area contributed by atoms with Gasteiger partial charge in [-0.1, -0.05) is 18.2 Å². The van der Waals surface area contributed by atoms with Crippen molar-refractivity contribution in [3.05, 3.63) is 30.3 Å². The minimum atomic E-state index is -0.437. The number of piperazine rings is 1. The van der Waals surface area contributed by atoms with E-state index in [-0.39, 0.29) is 24.4 Å². The molecular formula is C14H21ClN2O2. The maximum Gasteiger partial charge on any atom is 0.263 e. The van der Waals surface area contributed by atoms with Crippen molar-refractivity contribution in [3.8, 4) is 5.75 Å². The molecule has 1 saturated heterocycles. The Hall–Kier alpha value is -1.26. The van der Waals surface area contributed by atoms with E-state index in [1.165, 1.54) is 0 Å². The van der Waals surface area contributed by atoms with Crippen LogP contribution in [0.5, 0.6) is 5.75 Å². The van der Waals surface area contributed by atoms with E-state index in [4.69, 9.17) is 4.74 Å². The number of carbonyl (C=O) groups is 1. The molecule has 1 aliphatic rings. The molecule has 1 aromatic carbocycles. The van der Waals surface area contributed by atoms with Gasteiger partial charge in [-0.15, -0.1) is 12.4 Å². The summed E-state index contributed by atoms with van der Waals surface area (Å²) in [5.41, 5.74) is 0. The number of hydrogen-bond acceptors (Lipinski definition) is 3. The lowest BCUT2D eigenvalue weighted by Gasteiger charge is -2.35. The predicted octanol–water partition coefficient (Wildman–Crippen LogP) is 1.70. The number of para-hydroxylation sites is 1. The number of hydrogen-bond donors (Lipinski definition) is 1. The summed E-state index contributed by atoms with van der Waals surface area (Å²) < 4.78 is 5.67. The molecule has 0 radical (unpaired) electrons. The number of nitrogens with one attached hydrogen (secondary N) is 1. The van der Waals surface area contributed by atoms with Crippen molar-refractivity contribution < 1.29 is 9.53 Å². The molecule has 0 saturated carbocycles. The third-order valence-corrected chi connectivity index (χ3v) is 3.19. The number of nitrogens with zero attached hydrogens (tertiary/aromatic N) is 1. The molecule has 1 unspecified atom stereocenters. The van der Waals surface area contributed by atoms with Gasteiger partial charge in [-0.25, -0.2) is 0 Å². The van der Waals surface area contributed by atoms with Gasteiger partial charge < -0.3 is 15.0 Å². The van der Waals surface area contributed by atoms with Gasteiger partial charge in [0.1, 0.15) is 5.75 Å². The van der Waals surface area contributed by atoms with Crippen LogP contribution in [0.3, 0.4) is 0 Å². The summed E-state index contributed by atoms with van der Waals surface area (Å²) in [6, 6.07) is 9.70. The number of amides is 1. The van der Waals surface area contributed by atoms with E-state index in [0.717, 1.165) is 25.4 Å². The van der Waals surface area contributed by atoms with Crippen LogP contribution in [-0.2, 0) is 4.79 Å². The Kier molecular flexibility index (Phi) is 6.12. The van der Waals surface area contributed by atoms with Crippen molar-refractivity contribution in [2.45, 2.75) is 26.0 Å². The second-order valence-corrected chi connectivity index (χ2v) is 4.66. The van der Waals surface area contributed by atoms with E-state index < -0.39 is 6.10 Å². The number of rotatable bonds is 3. The van der Waals surface area contributed by atoms with E-state index in [9.17, 15) is 4.79 Å². The standard InChI is InChI=1S/C14H20N2O2.ClH/c1-11-10-15-8-9-16(11)14(17)12(2)18-13-6-4-3-5-7-13;/h3-7,11-12,15H,8-10H2,1-2H3;1H/t11-,12?;/m1./s1. The Labute approximate surface area is 120 Å². The average Bonchev–Trinajstić information content (AvgIpc) is 2.39. The van der Waals surface area contributed by atoms with Crippen LogP contribution in [0.1, 0.15) is 13.8 Å². The summed E-state index contributed by atoms with van der Waals surface area (Å²) in [4.78, 5) is 14.2. The molecule has 1 aliphatic heterocycles. The first-order valence-electron chi connectivity index (χ1n) is 6.41. The topological polar surface area (TPSA) is 41.6 Å². The molecule has 19 heavy (non-hydrogen) atoms. The summed E-state index contributed by atoms with van der Waals surface area (Å²) in [7, 11) is 0. The number of ether oxygens (including phenoxy) is 1. The highest BCUT2D eigenvalue weighted by atomic mass is 35.5. The normalized spacial score (nSPS) is 20.3. The summed E-state index contributed by atoms with van der Waals surface area (Å²) >= 11 is 0. The lowest BCUT2D eigenvalue weighted by molar-refractivity contribution is -0.140. The van der Waals surface area contributed by atoms with Crippen molar-refractivity contribution in [1.82, 2.24) is 10.2 Å². The molecule has 106 valence electrons. The van der Waals surface area contributed by atoms with Crippen LogP contribution < -0.4 is 10.1 Å². The molecule has 4 nitrogen and oxygen atoms in total. The van der Waals surface area contributed by atoms with Crippen molar-refractivity contribution >= 4 is 18.3 Å². The lowest BCUT2D eigenvalue weighted by Crippen LogP contribution is -2.55. The second kappa shape index (κ2) is 7.36. The van der Waals surface area contributed by atoms with Crippen LogP contribution in [0.15, 0.2) is 30.3 Å². The van der Waals surface area contributed by atoms with Crippen molar-refractivity contribution in [2.24, 2.45) is 0 Å². The minimum absolute atomic E-state index is 0. The highest BCUT2D eigenvalue weighted by Crippen LogP contribution is 2.13. The first-order valence-corrected chi connectivity index (χ1v) is 6.41. The van der Waals surface area contributed by atoms with Gasteiger partial charge in [-0.05, 0) is 26.0 Å². The monoisotopic (exact) mass is 284 g/mol. The maximum absolute atomic E-state index is 12.3. The third kappa shape index (κ3) is 4.11. The van der Waals surface area contributed by atoms with Crippen LogP contribution in [-0.4, -0.2) is 42.6 Å². The van der Waals surface area contributed by atoms with Gasteiger partial charge in [0, 0.05) is 25.7 Å². The van der Waals surface area contributed by atoms with E-state index in [1.54, 1.807) is 0 Å². The van der Waals surface area contributed by atoms with Gasteiger partial charge in [0.2, 0.25) is 0 Å². The van der Waals surface area contributed by atoms with Gasteiger partial charge in [0.05, 0.1) is 0 Å². The SMILES string of the molecule is CC(Oc1ccccc1)C(=O)N1CCNC[C@H]1C.Cl. The molecule has 0 bridgehead atoms. The van der Waals surface area contributed by atoms with Gasteiger partial charge in [0.25, 0.3) is 5.91 Å². The van der Waals surface area contributed by atoms with E-state index in [0.29, 0.717) is 0 Å². The molecule has 1 fully saturated rings. The van der Waals surface area contributed by atoms with Crippen molar-refractivity contribution in [1.29, 1.82) is 0 Å². The van der Waals surface area contributed by atoms with Crippen molar-refractivity contribution in [3.63, 3.8) is 0 Å². The fraction of sp³-hybridized carbons (Fsp3) is 0.500. The van der Waals surface area contributed by atoms with Gasteiger partial charge in [-0.3, -0.25) is 4.79 Å². The zero-order valence-electron chi connectivity index (χ0n) is 11.3. The Bertz CT molecular complexity index is 400. The molecule has 5 heteroatoms. The van der Waals surface area contributed by atoms with Crippen LogP contribution in [0.4, 0.5) is 0 Å². The first-order chi connectivity index (χ1) is 8.68. The van der Waals surface area contributed by atoms with E-state index in [1.807, 2.05) is 42.2 Å². The molecule has 0 aliphatic carbocycles. The third-order valence-electron chi connectivity index (χ3n) is 3.19. The van der Waals surface area contributed by atoms with Crippen LogP contribution in [0, 0.1) is 0 Å². The minimum Gasteiger partial charge on any atom is -0.481 e. The molecule has 1 aromatic rings. The highest BCUT2D eigenvalue weighted by Gasteiger charge is 2.27. The Morgan fingerprint density at radius 1 is 1.42 bits per heavy atom. The molecular weight excluding hydrogens is 264 g/mol. The van der Waals surface area contributed by atoms with Crippen LogP contribution in [0.2, 0.25) is 0 Å². The predicted molar refractivity (Wildman–Crippen MR) is 77.8 cm³/mol. The number of carbonyl (C=O) groups excluding carboxylic acids is 1. The van der Waals surface area contributed by atoms with Crippen LogP contribution >= 0.6 is 12.4 Å². The second-order valence-electron chi connectivity index (χ2n) is 4.66. The quantitative estimate of drug-likeness (QED) is 0.918. The van der Waals surface area contributed by atoms with Crippen LogP contribution in [0.25, 0.3) is 0 Å². The molecule has 1 amide bonds. The molecule has 2 rings (SSSR count). The van der Waals surface area contributed by atoms with E-state index in [2.05, 4.69) is 12.2 Å². The zero-order valence-corrected chi connectivity index (χ0v) is 12.2. The molecule has 2 atom stereocenters. The highest BCUT2D eigenvalue weighted by molar-refractivity contribution is 5.85. The summed E-state index contributed by atoms with van der Waals surface area (Å²) in [5.74, 6) is 0.800. The zero-order chi connectivity index (χ0) is 13.0. The maximum atomic E-state index is 12.3. The molecule has 1 heterocycles. The van der Waals surface area contributed by atoms with E-state index >= 15 is 0 Å². The molecule has 0 spiro atoms. The van der Waals surface area contributed by atoms with Gasteiger partial charge >= 0.3 is 0 Å². The average molecular weight is 285 g/mol. The largest absolute Gasteiger partial charge is 0.481 e.